The van der Waals surface area contributed by atoms with E-state index in [-0.39, 0.29) is 25.3 Å². The molecule has 0 rings (SSSR count). The number of carboxylic acids is 3. The molecule has 0 bridgehead atoms. The summed E-state index contributed by atoms with van der Waals surface area (Å²) in [6.45, 7) is 5.71. The van der Waals surface area contributed by atoms with Crippen molar-refractivity contribution >= 4 is 65.2 Å². The molecule has 0 radical (unpaired) electrons. The molecule has 0 aromatic heterocycles. The van der Waals surface area contributed by atoms with Crippen LogP contribution in [0.4, 0.5) is 0 Å². The molecule has 0 heterocycles. The Kier molecular flexibility index (Phi) is 20.8. The summed E-state index contributed by atoms with van der Waals surface area (Å²) in [5.41, 5.74) is 21.1. The molecule has 0 aliphatic carbocycles. The van der Waals surface area contributed by atoms with Crippen LogP contribution in [0.3, 0.4) is 0 Å². The van der Waals surface area contributed by atoms with Crippen molar-refractivity contribution in [2.24, 2.45) is 33.8 Å². The summed E-state index contributed by atoms with van der Waals surface area (Å²) in [7, 11) is 0. The second-order valence-corrected chi connectivity index (χ2v) is 12.5. The van der Waals surface area contributed by atoms with Gasteiger partial charge in [-0.3, -0.25) is 48.1 Å². The summed E-state index contributed by atoms with van der Waals surface area (Å²) in [6.07, 6.45) is -3.43. The zero-order valence-corrected chi connectivity index (χ0v) is 30.2. The van der Waals surface area contributed by atoms with E-state index in [1.807, 2.05) is 5.32 Å². The van der Waals surface area contributed by atoms with E-state index < -0.39 is 133 Å². The predicted molar refractivity (Wildman–Crippen MR) is 186 cm³/mol. The third-order valence-corrected chi connectivity index (χ3v) is 7.30. The van der Waals surface area contributed by atoms with E-state index in [1.165, 1.54) is 27.7 Å². The minimum absolute atomic E-state index is 0.00786. The van der Waals surface area contributed by atoms with Crippen LogP contribution in [-0.4, -0.2) is 129 Å². The maximum absolute atomic E-state index is 13.4. The zero-order valence-electron chi connectivity index (χ0n) is 30.2. The second kappa shape index (κ2) is 23.5. The van der Waals surface area contributed by atoms with Crippen LogP contribution in [0.25, 0.3) is 0 Å². The van der Waals surface area contributed by atoms with Gasteiger partial charge in [-0.05, 0) is 39.0 Å². The Bertz CT molecular complexity index is 1430. The number of hydrogen-bond acceptors (Lipinski definition) is 12. The minimum atomic E-state index is -1.96. The maximum Gasteiger partial charge on any atom is 0.326 e. The number of aliphatic carboxylic acids is 3. The fourth-order valence-electron chi connectivity index (χ4n) is 4.40. The average molecular weight is 774 g/mol. The first-order valence-electron chi connectivity index (χ1n) is 16.5. The normalized spacial score (nSPS) is 14.6. The Morgan fingerprint density at radius 1 is 0.574 bits per heavy atom. The standard InChI is InChI=1S/C30H51N11O13/c1-12(2)22(41-24(48)14(4)36-23(47)13(3)31)28(52)38-16(7-8-20(43)44)26(50)39-17(11-21(45)46)27(51)37-15(6-5-9-35-30(33)34)25(49)40-18(29(53)54)10-19(32)42/h12-18,22H,5-11,31H2,1-4H3,(H2,32,42)(H,36,47)(H,37,51)(H,38,52)(H,39,50)(H,40,49)(H,41,48)(H,43,44)(H,45,46)(H,53,54)(H4,33,34,35)/t13-,14-,15-,16-,17-,18-,22-/m0/s1. The number of nitrogens with zero attached hydrogens (tertiary/aromatic N) is 1. The molecule has 0 unspecified atom stereocenters. The van der Waals surface area contributed by atoms with Gasteiger partial charge < -0.3 is 70.2 Å². The van der Waals surface area contributed by atoms with E-state index in [0.717, 1.165) is 0 Å². The lowest BCUT2D eigenvalue weighted by atomic mass is 10.0. The van der Waals surface area contributed by atoms with Gasteiger partial charge in [0.1, 0.15) is 36.3 Å². The van der Waals surface area contributed by atoms with Gasteiger partial charge in [0.2, 0.25) is 41.4 Å². The molecule has 24 heteroatoms. The highest BCUT2D eigenvalue weighted by Gasteiger charge is 2.35. The summed E-state index contributed by atoms with van der Waals surface area (Å²) >= 11 is 0. The van der Waals surface area contributed by atoms with Crippen molar-refractivity contribution in [3.05, 3.63) is 0 Å². The Balaban J connectivity index is 6.32. The first kappa shape index (κ1) is 47.9. The van der Waals surface area contributed by atoms with Gasteiger partial charge in [0, 0.05) is 13.0 Å². The van der Waals surface area contributed by atoms with E-state index in [9.17, 15) is 63.3 Å². The molecule has 54 heavy (non-hydrogen) atoms. The number of rotatable bonds is 25. The van der Waals surface area contributed by atoms with Crippen LogP contribution < -0.4 is 54.8 Å². The SMILES string of the molecule is CC(C)[C@H](NC(=O)[C@H](C)NC(=O)[C@H](C)N)C(=O)N[C@@H](CCC(=O)O)C(=O)N[C@@H](CC(=O)O)C(=O)N[C@@H](CCCN=C(N)N)C(=O)N[C@@H](CC(N)=O)C(=O)O. The molecule has 0 aromatic rings. The Hall–Kier alpha value is -6.07. The van der Waals surface area contributed by atoms with Crippen molar-refractivity contribution in [2.45, 2.75) is 109 Å². The van der Waals surface area contributed by atoms with Crippen LogP contribution in [-0.2, 0) is 47.9 Å². The van der Waals surface area contributed by atoms with Crippen LogP contribution in [0.2, 0.25) is 0 Å². The molecule has 17 N–H and O–H groups in total. The van der Waals surface area contributed by atoms with Crippen LogP contribution in [0.1, 0.15) is 66.2 Å². The van der Waals surface area contributed by atoms with E-state index in [2.05, 4.69) is 31.6 Å². The molecular weight excluding hydrogens is 722 g/mol. The molecule has 0 aliphatic heterocycles. The number of nitrogens with two attached hydrogens (primary N) is 4. The highest BCUT2D eigenvalue weighted by atomic mass is 16.4. The molecule has 0 saturated carbocycles. The molecule has 7 amide bonds. The number of carbonyl (C=O) groups excluding carboxylic acids is 7. The topological polar surface area (TPSA) is 420 Å². The van der Waals surface area contributed by atoms with Gasteiger partial charge in [0.05, 0.1) is 18.9 Å². The average Bonchev–Trinajstić information content (AvgIpc) is 3.04. The van der Waals surface area contributed by atoms with Gasteiger partial charge >= 0.3 is 17.9 Å². The molecule has 7 atom stereocenters. The molecule has 0 fully saturated rings. The summed E-state index contributed by atoms with van der Waals surface area (Å²) in [6, 6.07) is -10.5. The van der Waals surface area contributed by atoms with E-state index in [0.29, 0.717) is 0 Å². The fourth-order valence-corrected chi connectivity index (χ4v) is 4.40. The molecule has 0 saturated heterocycles. The monoisotopic (exact) mass is 773 g/mol. The number of primary amides is 1. The van der Waals surface area contributed by atoms with Crippen molar-refractivity contribution in [3.63, 3.8) is 0 Å². The van der Waals surface area contributed by atoms with Gasteiger partial charge in [0.25, 0.3) is 0 Å². The largest absolute Gasteiger partial charge is 0.481 e. The molecule has 0 spiro atoms. The maximum atomic E-state index is 13.4. The van der Waals surface area contributed by atoms with E-state index in [4.69, 9.17) is 22.9 Å². The lowest BCUT2D eigenvalue weighted by Crippen LogP contribution is -2.60. The number of nitrogens with one attached hydrogen (secondary N) is 6. The number of aliphatic imine (C=N–C) groups is 1. The van der Waals surface area contributed by atoms with E-state index >= 15 is 0 Å². The Morgan fingerprint density at radius 3 is 1.54 bits per heavy atom. The molecule has 0 aliphatic rings. The van der Waals surface area contributed by atoms with Crippen molar-refractivity contribution < 1.29 is 63.3 Å². The van der Waals surface area contributed by atoms with Gasteiger partial charge in [-0.25, -0.2) is 4.79 Å². The Morgan fingerprint density at radius 2 is 1.07 bits per heavy atom. The smallest absolute Gasteiger partial charge is 0.326 e. The van der Waals surface area contributed by atoms with Crippen LogP contribution in [0.15, 0.2) is 4.99 Å². The highest BCUT2D eigenvalue weighted by molar-refractivity contribution is 5.98. The number of guanidine groups is 1. The minimum Gasteiger partial charge on any atom is -0.481 e. The van der Waals surface area contributed by atoms with Crippen molar-refractivity contribution in [1.29, 1.82) is 0 Å². The van der Waals surface area contributed by atoms with Crippen molar-refractivity contribution in [1.82, 2.24) is 31.9 Å². The number of hydrogen-bond donors (Lipinski definition) is 13. The number of amides is 7. The van der Waals surface area contributed by atoms with Crippen molar-refractivity contribution in [3.8, 4) is 0 Å². The molecular formula is C30H51N11O13. The molecule has 304 valence electrons. The van der Waals surface area contributed by atoms with Gasteiger partial charge in [0.15, 0.2) is 5.96 Å². The molecule has 0 aromatic carbocycles. The number of carbonyl (C=O) groups is 10. The van der Waals surface area contributed by atoms with Crippen LogP contribution in [0, 0.1) is 5.92 Å². The van der Waals surface area contributed by atoms with Gasteiger partial charge in [-0.15, -0.1) is 0 Å². The first-order valence-corrected chi connectivity index (χ1v) is 16.5. The summed E-state index contributed by atoms with van der Waals surface area (Å²) in [5.74, 6) is -12.7. The third kappa shape index (κ3) is 19.0. The summed E-state index contributed by atoms with van der Waals surface area (Å²) < 4.78 is 0. The van der Waals surface area contributed by atoms with Crippen molar-refractivity contribution in [2.75, 3.05) is 6.54 Å². The first-order chi connectivity index (χ1) is 25.0. The second-order valence-electron chi connectivity index (χ2n) is 12.5. The zero-order chi connectivity index (χ0) is 41.9. The molecule has 24 nitrogen and oxygen atoms in total. The Labute approximate surface area is 309 Å². The lowest BCUT2D eigenvalue weighted by Gasteiger charge is -2.28. The van der Waals surface area contributed by atoms with Crippen LogP contribution >= 0.6 is 0 Å². The van der Waals surface area contributed by atoms with Gasteiger partial charge in [-0.1, -0.05) is 13.8 Å². The predicted octanol–water partition coefficient (Wildman–Crippen LogP) is -5.73. The highest BCUT2D eigenvalue weighted by Crippen LogP contribution is 2.08. The quantitative estimate of drug-likeness (QED) is 0.0233. The van der Waals surface area contributed by atoms with Crippen LogP contribution in [0.5, 0.6) is 0 Å². The third-order valence-electron chi connectivity index (χ3n) is 7.30. The lowest BCUT2D eigenvalue weighted by molar-refractivity contribution is -0.144. The summed E-state index contributed by atoms with van der Waals surface area (Å²) in [4.78, 5) is 128. The van der Waals surface area contributed by atoms with E-state index in [1.54, 1.807) is 0 Å². The fraction of sp³-hybridized carbons (Fsp3) is 0.633. The van der Waals surface area contributed by atoms with Gasteiger partial charge in [-0.2, -0.15) is 0 Å². The number of carboxylic acid groups (broad SMARTS) is 3. The summed E-state index contributed by atoms with van der Waals surface area (Å²) in [5, 5.41) is 41.6.